The highest BCUT2D eigenvalue weighted by Gasteiger charge is 2.34. The summed E-state index contributed by atoms with van der Waals surface area (Å²) in [6.45, 7) is 6.74. The van der Waals surface area contributed by atoms with Gasteiger partial charge in [-0.05, 0) is 79.8 Å². The van der Waals surface area contributed by atoms with Crippen LogP contribution in [0.2, 0.25) is 5.02 Å². The Morgan fingerprint density at radius 1 is 1.00 bits per heavy atom. The molecule has 6 nitrogen and oxygen atoms in total. The lowest BCUT2D eigenvalue weighted by atomic mass is 10.1. The number of methoxy groups -OCH3 is 1. The lowest BCUT2D eigenvalue weighted by molar-refractivity contribution is -0.128. The highest BCUT2D eigenvalue weighted by Crippen LogP contribution is 2.32. The van der Waals surface area contributed by atoms with Crippen molar-refractivity contribution in [2.24, 2.45) is 0 Å². The first-order valence-corrected chi connectivity index (χ1v) is 13.6. The maximum Gasteiger partial charge on any atom is 0.223 e. The fourth-order valence-corrected chi connectivity index (χ4v) is 5.35. The number of aryl methyl sites for hydroxylation is 3. The van der Waals surface area contributed by atoms with Gasteiger partial charge in [0.25, 0.3) is 0 Å². The van der Waals surface area contributed by atoms with E-state index in [-0.39, 0.29) is 11.8 Å². The second-order valence-corrected chi connectivity index (χ2v) is 10.4. The Morgan fingerprint density at radius 2 is 1.74 bits per heavy atom. The van der Waals surface area contributed by atoms with Gasteiger partial charge in [0.05, 0.1) is 24.8 Å². The summed E-state index contributed by atoms with van der Waals surface area (Å²) in [5.74, 6) is 2.92. The van der Waals surface area contributed by atoms with Gasteiger partial charge in [0.1, 0.15) is 17.3 Å². The molecule has 1 amide bonds. The topological polar surface area (TPSA) is 56.6 Å². The van der Waals surface area contributed by atoms with Crippen LogP contribution in [0.25, 0.3) is 11.0 Å². The van der Waals surface area contributed by atoms with Crippen LogP contribution in [0.3, 0.4) is 0 Å². The molecular formula is C31H34ClN3O3. The molecule has 1 atom stereocenters. The molecule has 1 fully saturated rings. The van der Waals surface area contributed by atoms with Crippen LogP contribution >= 0.6 is 11.6 Å². The van der Waals surface area contributed by atoms with E-state index in [0.717, 1.165) is 69.5 Å². The number of amides is 1. The summed E-state index contributed by atoms with van der Waals surface area (Å²) in [6.07, 6.45) is 2.35. The number of nitrogens with zero attached hydrogens (tertiary/aromatic N) is 3. The molecule has 38 heavy (non-hydrogen) atoms. The smallest absolute Gasteiger partial charge is 0.223 e. The number of rotatable bonds is 10. The summed E-state index contributed by atoms with van der Waals surface area (Å²) in [5.41, 5.74) is 5.26. The van der Waals surface area contributed by atoms with Gasteiger partial charge < -0.3 is 18.9 Å². The fraction of sp³-hybridized carbons (Fsp3) is 0.355. The van der Waals surface area contributed by atoms with Gasteiger partial charge in [-0.3, -0.25) is 4.79 Å². The van der Waals surface area contributed by atoms with E-state index in [1.54, 1.807) is 7.11 Å². The largest absolute Gasteiger partial charge is 0.497 e. The van der Waals surface area contributed by atoms with Gasteiger partial charge in [-0.1, -0.05) is 35.9 Å². The van der Waals surface area contributed by atoms with Crippen molar-refractivity contribution in [3.63, 3.8) is 0 Å². The van der Waals surface area contributed by atoms with Crippen LogP contribution in [0.15, 0.2) is 60.7 Å². The van der Waals surface area contributed by atoms with Crippen LogP contribution in [0.4, 0.5) is 0 Å². The zero-order chi connectivity index (χ0) is 26.6. The van der Waals surface area contributed by atoms with Crippen molar-refractivity contribution in [3.8, 4) is 11.5 Å². The van der Waals surface area contributed by atoms with Gasteiger partial charge in [0.2, 0.25) is 5.91 Å². The molecule has 4 aromatic rings. The molecule has 0 bridgehead atoms. The van der Waals surface area contributed by atoms with E-state index in [1.807, 2.05) is 67.3 Å². The van der Waals surface area contributed by atoms with Crippen LogP contribution in [0.5, 0.6) is 11.5 Å². The van der Waals surface area contributed by atoms with Crippen LogP contribution in [-0.2, 0) is 17.9 Å². The van der Waals surface area contributed by atoms with Crippen molar-refractivity contribution in [1.29, 1.82) is 0 Å². The molecule has 0 spiro atoms. The van der Waals surface area contributed by atoms with Crippen LogP contribution in [0, 0.1) is 13.8 Å². The van der Waals surface area contributed by atoms with E-state index in [9.17, 15) is 4.79 Å². The molecule has 1 aliphatic heterocycles. The van der Waals surface area contributed by atoms with E-state index in [2.05, 4.69) is 16.7 Å². The Bertz CT molecular complexity index is 1410. The highest BCUT2D eigenvalue weighted by atomic mass is 35.5. The summed E-state index contributed by atoms with van der Waals surface area (Å²) in [7, 11) is 1.66. The number of ether oxygens (including phenoxy) is 2. The normalized spacial score (nSPS) is 15.4. The predicted molar refractivity (Wildman–Crippen MR) is 151 cm³/mol. The molecule has 0 aliphatic carbocycles. The van der Waals surface area contributed by atoms with Crippen molar-refractivity contribution in [3.05, 3.63) is 88.2 Å². The van der Waals surface area contributed by atoms with Crippen molar-refractivity contribution in [2.75, 3.05) is 20.3 Å². The van der Waals surface area contributed by atoms with Crippen LogP contribution in [-0.4, -0.2) is 40.6 Å². The molecule has 1 saturated heterocycles. The number of imidazole rings is 1. The number of para-hydroxylation sites is 2. The van der Waals surface area contributed by atoms with Gasteiger partial charge in [0.15, 0.2) is 0 Å². The molecule has 1 unspecified atom stereocenters. The van der Waals surface area contributed by atoms with E-state index < -0.39 is 0 Å². The van der Waals surface area contributed by atoms with Gasteiger partial charge >= 0.3 is 0 Å². The van der Waals surface area contributed by atoms with Crippen molar-refractivity contribution in [2.45, 2.75) is 52.1 Å². The molecule has 0 N–H and O–H groups in total. The molecule has 5 rings (SSSR count). The van der Waals surface area contributed by atoms with E-state index >= 15 is 0 Å². The van der Waals surface area contributed by atoms with Gasteiger partial charge in [-0.15, -0.1) is 0 Å². The van der Waals surface area contributed by atoms with E-state index in [4.69, 9.17) is 26.1 Å². The Hall–Kier alpha value is -3.51. The number of hydrogen-bond acceptors (Lipinski definition) is 4. The third-order valence-corrected chi connectivity index (χ3v) is 7.85. The number of likely N-dealkylation sites (tertiary alicyclic amines) is 1. The first-order valence-electron chi connectivity index (χ1n) is 13.2. The Kier molecular flexibility index (Phi) is 7.89. The molecule has 7 heteroatoms. The predicted octanol–water partition coefficient (Wildman–Crippen LogP) is 6.69. The lowest BCUT2D eigenvalue weighted by Gasteiger charge is -2.18. The summed E-state index contributed by atoms with van der Waals surface area (Å²) in [4.78, 5) is 19.9. The summed E-state index contributed by atoms with van der Waals surface area (Å²) in [6, 6.07) is 20.1. The molecule has 2 heterocycles. The third-order valence-electron chi connectivity index (χ3n) is 7.25. The summed E-state index contributed by atoms with van der Waals surface area (Å²) >= 11 is 6.28. The number of hydrogen-bond donors (Lipinski definition) is 0. The van der Waals surface area contributed by atoms with E-state index in [1.165, 1.54) is 0 Å². The number of benzene rings is 3. The number of carbonyl (C=O) groups is 1. The molecule has 1 aromatic heterocycles. The minimum atomic E-state index is 0.0735. The average Bonchev–Trinajstić information content (AvgIpc) is 3.47. The standard InChI is InChI=1S/C31H34ClN3O3/c1-21-16-26(17-22(2)30(21)32)38-15-7-6-14-35-28-9-5-4-8-27(28)33-31(35)24-18-29(36)34(20-24)19-23-10-12-25(37-3)13-11-23/h4-5,8-13,16-17,24H,6-7,14-15,18-20H2,1-3H3. The maximum atomic E-state index is 13.0. The van der Waals surface area contributed by atoms with Crippen molar-refractivity contribution in [1.82, 2.24) is 14.5 Å². The Morgan fingerprint density at radius 3 is 2.47 bits per heavy atom. The lowest BCUT2D eigenvalue weighted by Crippen LogP contribution is -2.24. The minimum Gasteiger partial charge on any atom is -0.497 e. The zero-order valence-corrected chi connectivity index (χ0v) is 23.0. The third kappa shape index (κ3) is 5.65. The number of fused-ring (bicyclic) bond motifs is 1. The number of carbonyl (C=O) groups excluding carboxylic acids is 1. The molecule has 0 radical (unpaired) electrons. The average molecular weight is 532 g/mol. The molecule has 0 saturated carbocycles. The molecule has 1 aliphatic rings. The highest BCUT2D eigenvalue weighted by molar-refractivity contribution is 6.32. The molecular weight excluding hydrogens is 498 g/mol. The zero-order valence-electron chi connectivity index (χ0n) is 22.2. The second-order valence-electron chi connectivity index (χ2n) is 10.1. The van der Waals surface area contributed by atoms with Crippen molar-refractivity contribution >= 4 is 28.5 Å². The van der Waals surface area contributed by atoms with Gasteiger partial charge in [-0.25, -0.2) is 4.98 Å². The maximum absolute atomic E-state index is 13.0. The number of halogens is 1. The fourth-order valence-electron chi connectivity index (χ4n) is 5.24. The SMILES string of the molecule is COc1ccc(CN2CC(c3nc4ccccc4n3CCCCOc3cc(C)c(Cl)c(C)c3)CC2=O)cc1. The van der Waals surface area contributed by atoms with E-state index in [0.29, 0.717) is 26.1 Å². The monoisotopic (exact) mass is 531 g/mol. The number of unbranched alkanes of at least 4 members (excludes halogenated alkanes) is 1. The first kappa shape index (κ1) is 26.1. The Labute approximate surface area is 229 Å². The van der Waals surface area contributed by atoms with Gasteiger partial charge in [-0.2, -0.15) is 0 Å². The molecule has 198 valence electrons. The summed E-state index contributed by atoms with van der Waals surface area (Å²) < 4.78 is 13.6. The summed E-state index contributed by atoms with van der Waals surface area (Å²) in [5, 5.41) is 0.796. The first-order chi connectivity index (χ1) is 18.4. The van der Waals surface area contributed by atoms with Crippen molar-refractivity contribution < 1.29 is 14.3 Å². The minimum absolute atomic E-state index is 0.0735. The van der Waals surface area contributed by atoms with Crippen LogP contribution < -0.4 is 9.47 Å². The van der Waals surface area contributed by atoms with Gasteiger partial charge in [0, 0.05) is 37.0 Å². The van der Waals surface area contributed by atoms with Crippen LogP contribution in [0.1, 0.15) is 47.7 Å². The molecule has 3 aromatic carbocycles. The Balaban J connectivity index is 1.24. The second kappa shape index (κ2) is 11.5. The number of aromatic nitrogens is 2. The quantitative estimate of drug-likeness (QED) is 0.214.